The van der Waals surface area contributed by atoms with Gasteiger partial charge in [0.2, 0.25) is 5.91 Å². The first-order valence-electron chi connectivity index (χ1n) is 16.2. The number of nitrogens with zero attached hydrogens (tertiary/aromatic N) is 1. The predicted molar refractivity (Wildman–Crippen MR) is 180 cm³/mol. The third kappa shape index (κ3) is 5.60. The van der Waals surface area contributed by atoms with Crippen LogP contribution in [0.4, 0.5) is 11.4 Å². The molecule has 3 aromatic rings. The van der Waals surface area contributed by atoms with E-state index in [1.807, 2.05) is 65.6 Å². The van der Waals surface area contributed by atoms with Gasteiger partial charge in [-0.15, -0.1) is 0 Å². The minimum absolute atomic E-state index is 0.00322. The molecular weight excluding hydrogens is 582 g/mol. The van der Waals surface area contributed by atoms with Crippen molar-refractivity contribution >= 4 is 36.4 Å². The maximum Gasteiger partial charge on any atom is 0.264 e. The molecule has 8 nitrogen and oxygen atoms in total. The molecule has 1 unspecified atom stereocenters. The van der Waals surface area contributed by atoms with Crippen molar-refractivity contribution in [2.45, 2.75) is 63.1 Å². The number of aliphatic hydroxyl groups excluding tert-OH is 1. The van der Waals surface area contributed by atoms with Crippen LogP contribution in [0.3, 0.4) is 0 Å². The summed E-state index contributed by atoms with van der Waals surface area (Å²) in [5.74, 6) is 0.681. The Morgan fingerprint density at radius 1 is 1.11 bits per heavy atom. The number of nitrogens with one attached hydrogen (secondary N) is 2. The van der Waals surface area contributed by atoms with E-state index in [9.17, 15) is 14.7 Å². The van der Waals surface area contributed by atoms with Crippen LogP contribution in [-0.2, 0) is 26.5 Å². The molecule has 45 heavy (non-hydrogen) atoms. The fraction of sp³-hybridized carbons (Fsp3) is 0.444. The van der Waals surface area contributed by atoms with E-state index >= 15 is 0 Å². The molecule has 6 rings (SSSR count). The third-order valence-corrected chi connectivity index (χ3v) is 14.7. The first-order valence-corrected chi connectivity index (χ1v) is 19.2. The van der Waals surface area contributed by atoms with Crippen LogP contribution in [0.2, 0.25) is 18.6 Å². The van der Waals surface area contributed by atoms with Crippen molar-refractivity contribution in [1.82, 2.24) is 5.32 Å². The summed E-state index contributed by atoms with van der Waals surface area (Å²) in [6.07, 6.45) is 2.13. The summed E-state index contributed by atoms with van der Waals surface area (Å²) >= 11 is 0. The zero-order valence-electron chi connectivity index (χ0n) is 26.7. The average molecular weight is 628 g/mol. The molecule has 1 spiro atoms. The lowest BCUT2D eigenvalue weighted by Gasteiger charge is -2.37. The van der Waals surface area contributed by atoms with E-state index in [4.69, 9.17) is 9.47 Å². The van der Waals surface area contributed by atoms with Gasteiger partial charge in [0.05, 0.1) is 39.4 Å². The van der Waals surface area contributed by atoms with Crippen molar-refractivity contribution in [3.63, 3.8) is 0 Å². The minimum Gasteiger partial charge on any atom is -0.497 e. The number of hydrogen-bond acceptors (Lipinski definition) is 6. The lowest BCUT2D eigenvalue weighted by atomic mass is 9.82. The third-order valence-electron chi connectivity index (χ3n) is 10.4. The number of fused-ring (bicyclic) bond motifs is 2. The quantitative estimate of drug-likeness (QED) is 0.296. The van der Waals surface area contributed by atoms with Crippen LogP contribution in [0, 0.1) is 11.8 Å². The Balaban J connectivity index is 1.27. The Morgan fingerprint density at radius 2 is 1.84 bits per heavy atom. The summed E-state index contributed by atoms with van der Waals surface area (Å²) in [4.78, 5) is 29.3. The summed E-state index contributed by atoms with van der Waals surface area (Å²) in [5, 5.41) is 17.7. The molecule has 3 N–H and O–H groups in total. The topological polar surface area (TPSA) is 100 Å². The van der Waals surface area contributed by atoms with Gasteiger partial charge in [0.25, 0.3) is 5.91 Å². The molecule has 0 aromatic heterocycles. The van der Waals surface area contributed by atoms with Crippen LogP contribution in [0.15, 0.2) is 72.8 Å². The summed E-state index contributed by atoms with van der Waals surface area (Å²) in [5.41, 5.74) is 2.46. The summed E-state index contributed by atoms with van der Waals surface area (Å²) < 4.78 is 12.4. The Labute approximate surface area is 267 Å². The molecule has 238 valence electrons. The highest BCUT2D eigenvalue weighted by atomic mass is 28.3. The number of hydrogen-bond donors (Lipinski definition) is 3. The molecule has 3 aromatic carbocycles. The van der Waals surface area contributed by atoms with Gasteiger partial charge in [-0.2, -0.15) is 0 Å². The normalized spacial score (nSPS) is 26.2. The number of amides is 2. The highest BCUT2D eigenvalue weighted by molar-refractivity contribution is 6.91. The maximum absolute atomic E-state index is 14.7. The van der Waals surface area contributed by atoms with Crippen LogP contribution in [0.25, 0.3) is 0 Å². The molecule has 2 fully saturated rings. The fourth-order valence-corrected chi connectivity index (χ4v) is 12.1. The molecule has 3 aliphatic rings. The Kier molecular flexibility index (Phi) is 8.89. The zero-order chi connectivity index (χ0) is 31.8. The number of carbonyl (C=O) groups excluding carboxylic acids is 2. The van der Waals surface area contributed by atoms with Crippen molar-refractivity contribution in [2.75, 3.05) is 37.0 Å². The molecule has 0 aliphatic carbocycles. The van der Waals surface area contributed by atoms with Gasteiger partial charge in [-0.05, 0) is 67.2 Å². The average Bonchev–Trinajstić information content (AvgIpc) is 3.49. The van der Waals surface area contributed by atoms with Gasteiger partial charge in [0, 0.05) is 30.3 Å². The monoisotopic (exact) mass is 627 g/mol. The zero-order valence-corrected chi connectivity index (χ0v) is 27.7. The molecular formula is C36H45N3O5Si. The minimum atomic E-state index is -2.22. The van der Waals surface area contributed by atoms with E-state index in [0.29, 0.717) is 19.5 Å². The van der Waals surface area contributed by atoms with Gasteiger partial charge < -0.3 is 30.1 Å². The van der Waals surface area contributed by atoms with Crippen molar-refractivity contribution in [3.05, 3.63) is 83.9 Å². The maximum atomic E-state index is 14.7. The van der Waals surface area contributed by atoms with E-state index < -0.39 is 13.7 Å². The molecule has 9 heteroatoms. The SMILES string of the molecule is COc1ccc([Si](C)(C)[C@@H]2[C@@H](CCO)O[C@]3(C(=O)N(Cc4ccc(NC(=O)C5CCCNC5)cc4)c4ccccc43)[C@H]2C)cc1. The Morgan fingerprint density at radius 3 is 2.51 bits per heavy atom. The smallest absolute Gasteiger partial charge is 0.264 e. The number of rotatable bonds is 9. The summed E-state index contributed by atoms with van der Waals surface area (Å²) in [6.45, 7) is 8.92. The molecule has 2 saturated heterocycles. The lowest BCUT2D eigenvalue weighted by Crippen LogP contribution is -2.51. The molecule has 5 atom stereocenters. The number of methoxy groups -OCH3 is 1. The van der Waals surface area contributed by atoms with E-state index in [-0.39, 0.29) is 41.9 Å². The largest absolute Gasteiger partial charge is 0.497 e. The fourth-order valence-electron chi connectivity index (χ4n) is 8.02. The number of carbonyl (C=O) groups is 2. The predicted octanol–water partition coefficient (Wildman–Crippen LogP) is 4.78. The van der Waals surface area contributed by atoms with Crippen molar-refractivity contribution in [2.24, 2.45) is 11.8 Å². The first-order chi connectivity index (χ1) is 21.7. The number of benzene rings is 3. The summed E-state index contributed by atoms with van der Waals surface area (Å²) in [6, 6.07) is 24.1. The Hall–Kier alpha value is -3.50. The van der Waals surface area contributed by atoms with Crippen molar-refractivity contribution in [3.8, 4) is 5.75 Å². The second-order valence-electron chi connectivity index (χ2n) is 13.3. The lowest BCUT2D eigenvalue weighted by molar-refractivity contribution is -0.146. The van der Waals surface area contributed by atoms with Gasteiger partial charge in [-0.3, -0.25) is 9.59 Å². The second kappa shape index (κ2) is 12.7. The van der Waals surface area contributed by atoms with Crippen molar-refractivity contribution in [1.29, 1.82) is 0 Å². The van der Waals surface area contributed by atoms with E-state index in [0.717, 1.165) is 47.6 Å². The standard InChI is InChI=1S/C36H45N3O5Si/c1-24-33(45(3,4)29-17-15-28(43-2)16-18-29)32(19-21-40)44-36(24)30-9-5-6-10-31(30)39(35(36)42)23-25-11-13-27(14-12-25)38-34(41)26-8-7-20-37-22-26/h5-6,9-18,24,26,32-33,37,40H,7-8,19-23H2,1-4H3,(H,38,41)/t24-,26?,32+,33-,36+/m0/s1. The van der Waals surface area contributed by atoms with E-state index in [2.05, 4.69) is 42.8 Å². The Bertz CT molecular complexity index is 1520. The molecule has 2 amide bonds. The van der Waals surface area contributed by atoms with Gasteiger partial charge in [0.15, 0.2) is 5.60 Å². The first kappa shape index (κ1) is 31.5. The van der Waals surface area contributed by atoms with Gasteiger partial charge in [-0.1, -0.05) is 67.7 Å². The molecule has 3 aliphatic heterocycles. The van der Waals surface area contributed by atoms with Gasteiger partial charge in [0.1, 0.15) is 5.75 Å². The van der Waals surface area contributed by atoms with Crippen LogP contribution in [-0.4, -0.2) is 57.9 Å². The molecule has 3 heterocycles. The van der Waals surface area contributed by atoms with Crippen LogP contribution in [0.5, 0.6) is 5.75 Å². The van der Waals surface area contributed by atoms with Crippen molar-refractivity contribution < 1.29 is 24.2 Å². The highest BCUT2D eigenvalue weighted by Crippen LogP contribution is 2.60. The molecule has 0 radical (unpaired) electrons. The summed E-state index contributed by atoms with van der Waals surface area (Å²) in [7, 11) is -0.550. The van der Waals surface area contributed by atoms with Gasteiger partial charge >= 0.3 is 0 Å². The highest BCUT2D eigenvalue weighted by Gasteiger charge is 2.66. The van der Waals surface area contributed by atoms with E-state index in [1.165, 1.54) is 5.19 Å². The number of anilines is 2. The number of aliphatic hydroxyl groups is 1. The van der Waals surface area contributed by atoms with E-state index in [1.54, 1.807) is 7.11 Å². The molecule has 0 saturated carbocycles. The number of piperidine rings is 1. The number of ether oxygens (including phenoxy) is 2. The van der Waals surface area contributed by atoms with Gasteiger partial charge in [-0.25, -0.2) is 0 Å². The molecule has 0 bridgehead atoms. The van der Waals surface area contributed by atoms with Crippen LogP contribution < -0.4 is 25.5 Å². The van der Waals surface area contributed by atoms with Crippen LogP contribution in [0.1, 0.15) is 37.3 Å². The second-order valence-corrected chi connectivity index (χ2v) is 18.0. The number of para-hydroxylation sites is 1. The van der Waals surface area contributed by atoms with Crippen LogP contribution >= 0.6 is 0 Å².